The molecular weight excluding hydrogens is 943 g/mol. The molecule has 0 saturated carbocycles. The molecule has 0 atom stereocenters. The van der Waals surface area contributed by atoms with E-state index in [9.17, 15) is 0 Å². The van der Waals surface area contributed by atoms with Gasteiger partial charge < -0.3 is 14.9 Å². The van der Waals surface area contributed by atoms with Crippen LogP contribution in [0.3, 0.4) is 0 Å². The Morgan fingerprint density at radius 1 is 0.286 bits per heavy atom. The van der Waals surface area contributed by atoms with Crippen LogP contribution in [-0.2, 0) is 105 Å². The second kappa shape index (κ2) is 56.8. The van der Waals surface area contributed by atoms with Crippen molar-refractivity contribution < 1.29 is 105 Å². The molecule has 0 aliphatic heterocycles. The second-order valence-electron chi connectivity index (χ2n) is 0. The van der Waals surface area contributed by atoms with Crippen LogP contribution in [0.15, 0.2) is 0 Å². The molecule has 0 radical (unpaired) electrons. The maximum absolute atomic E-state index is 0. The molecule has 0 aliphatic rings. The summed E-state index contributed by atoms with van der Waals surface area (Å²) in [5.41, 5.74) is 0. The van der Waals surface area contributed by atoms with E-state index in [0.29, 0.717) is 0 Å². The average molecular weight is 949 g/mol. The molecule has 46 valence electrons. The normalized spacial score (nSPS) is 0. The van der Waals surface area contributed by atoms with Gasteiger partial charge in [0.25, 0.3) is 0 Å². The summed E-state index contributed by atoms with van der Waals surface area (Å²) in [6.07, 6.45) is 0. The zero-order valence-electron chi connectivity index (χ0n) is 4.04. The fourth-order valence-electron chi connectivity index (χ4n) is 0. The standard InChI is InChI=1S/2CH3.5W/h2*1H3;;;;;/q2*-1;;;;;. The van der Waals surface area contributed by atoms with Gasteiger partial charge in [0.05, 0.1) is 0 Å². The van der Waals surface area contributed by atoms with Crippen LogP contribution >= 0.6 is 0 Å². The third-order valence-electron chi connectivity index (χ3n) is 0. The van der Waals surface area contributed by atoms with E-state index in [1.54, 1.807) is 0 Å². The SMILES string of the molecule is [CH3-].[CH3-].[W].[W].[W].[W].[W]. The first-order valence-corrected chi connectivity index (χ1v) is 0. The summed E-state index contributed by atoms with van der Waals surface area (Å²) >= 11 is 0. The molecule has 0 aliphatic carbocycles. The van der Waals surface area contributed by atoms with Crippen molar-refractivity contribution in [2.24, 2.45) is 0 Å². The quantitative estimate of drug-likeness (QED) is 0.317. The first kappa shape index (κ1) is 78.6. The third-order valence-corrected chi connectivity index (χ3v) is 0. The van der Waals surface area contributed by atoms with E-state index < -0.39 is 0 Å². The Labute approximate surface area is 118 Å². The van der Waals surface area contributed by atoms with Crippen molar-refractivity contribution in [1.82, 2.24) is 0 Å². The Morgan fingerprint density at radius 3 is 0.286 bits per heavy atom. The van der Waals surface area contributed by atoms with Crippen LogP contribution in [-0.4, -0.2) is 0 Å². The van der Waals surface area contributed by atoms with E-state index in [1.165, 1.54) is 0 Å². The van der Waals surface area contributed by atoms with Gasteiger partial charge in [0.2, 0.25) is 0 Å². The molecule has 0 fully saturated rings. The van der Waals surface area contributed by atoms with Crippen LogP contribution in [0.4, 0.5) is 0 Å². The van der Waals surface area contributed by atoms with Crippen LogP contribution in [0.2, 0.25) is 0 Å². The maximum Gasteiger partial charge on any atom is 0 e. The summed E-state index contributed by atoms with van der Waals surface area (Å²) in [7, 11) is 0. The predicted octanol–water partition coefficient (Wildman–Crippen LogP) is 0.888. The van der Waals surface area contributed by atoms with Crippen LogP contribution in [0.1, 0.15) is 0 Å². The first-order chi connectivity index (χ1) is 0. The summed E-state index contributed by atoms with van der Waals surface area (Å²) in [5, 5.41) is 0. The molecule has 0 unspecified atom stereocenters. The fraction of sp³-hybridized carbons (Fsp3) is 0. The molecule has 0 aromatic rings. The molecule has 5 heteroatoms. The third kappa shape index (κ3) is 44.1. The summed E-state index contributed by atoms with van der Waals surface area (Å²) in [4.78, 5) is 0. The van der Waals surface area contributed by atoms with Gasteiger partial charge >= 0.3 is 0 Å². The molecular formula is C2H6W5-2. The summed E-state index contributed by atoms with van der Waals surface area (Å²) in [5.74, 6) is 0. The van der Waals surface area contributed by atoms with E-state index >= 15 is 0 Å². The van der Waals surface area contributed by atoms with Crippen molar-refractivity contribution in [2.75, 3.05) is 0 Å². The minimum atomic E-state index is 0. The van der Waals surface area contributed by atoms with Crippen molar-refractivity contribution in [3.05, 3.63) is 14.9 Å². The second-order valence-corrected chi connectivity index (χ2v) is 0. The van der Waals surface area contributed by atoms with Gasteiger partial charge in [-0.2, -0.15) is 0 Å². The number of hydrogen-bond acceptors (Lipinski definition) is 0. The van der Waals surface area contributed by atoms with E-state index in [4.69, 9.17) is 0 Å². The van der Waals surface area contributed by atoms with E-state index in [1.807, 2.05) is 0 Å². The molecule has 0 nitrogen and oxygen atoms in total. The molecule has 0 heterocycles. The van der Waals surface area contributed by atoms with E-state index in [-0.39, 0.29) is 120 Å². The number of hydrogen-bond donors (Lipinski definition) is 0. The zero-order chi connectivity index (χ0) is 0. The van der Waals surface area contributed by atoms with Crippen LogP contribution < -0.4 is 0 Å². The molecule has 0 saturated heterocycles. The van der Waals surface area contributed by atoms with Gasteiger partial charge in [-0.25, -0.2) is 0 Å². The Hall–Kier alpha value is 3.44. The Kier molecular flexibility index (Phi) is 638. The molecule has 0 rings (SSSR count). The van der Waals surface area contributed by atoms with Crippen molar-refractivity contribution in [3.8, 4) is 0 Å². The van der Waals surface area contributed by atoms with Crippen LogP contribution in [0.5, 0.6) is 0 Å². The monoisotopic (exact) mass is 950 g/mol. The topological polar surface area (TPSA) is 0 Å². The average Bonchev–Trinajstić information content (AvgIpc) is 0. The van der Waals surface area contributed by atoms with Crippen molar-refractivity contribution in [3.63, 3.8) is 0 Å². The smallest absolute Gasteiger partial charge is 0 e. The van der Waals surface area contributed by atoms with Crippen LogP contribution in [0.25, 0.3) is 0 Å². The van der Waals surface area contributed by atoms with Crippen molar-refractivity contribution >= 4 is 0 Å². The first-order valence-electron chi connectivity index (χ1n) is 0. The molecule has 0 bridgehead atoms. The van der Waals surface area contributed by atoms with Crippen molar-refractivity contribution in [2.45, 2.75) is 0 Å². The minimum Gasteiger partial charge on any atom is -0.358 e. The van der Waals surface area contributed by atoms with E-state index in [2.05, 4.69) is 0 Å². The van der Waals surface area contributed by atoms with Crippen LogP contribution in [0, 0.1) is 14.9 Å². The Morgan fingerprint density at radius 2 is 0.286 bits per heavy atom. The molecule has 0 aromatic heterocycles. The predicted molar refractivity (Wildman–Crippen MR) is 12.8 cm³/mol. The van der Waals surface area contributed by atoms with Gasteiger partial charge in [-0.05, 0) is 0 Å². The Bertz CT molecular complexity index is 6.04. The molecule has 7 heavy (non-hydrogen) atoms. The van der Waals surface area contributed by atoms with Gasteiger partial charge in [-0.1, -0.05) is 0 Å². The zero-order valence-corrected chi connectivity index (χ0v) is 18.7. The number of rotatable bonds is 0. The summed E-state index contributed by atoms with van der Waals surface area (Å²) in [6.45, 7) is 0. The van der Waals surface area contributed by atoms with Gasteiger partial charge in [0.15, 0.2) is 0 Å². The molecule has 0 aromatic carbocycles. The summed E-state index contributed by atoms with van der Waals surface area (Å²) < 4.78 is 0. The van der Waals surface area contributed by atoms with Crippen molar-refractivity contribution in [1.29, 1.82) is 0 Å². The summed E-state index contributed by atoms with van der Waals surface area (Å²) in [6, 6.07) is 0. The largest absolute Gasteiger partial charge is 0.358 e. The van der Waals surface area contributed by atoms with Gasteiger partial charge in [-0.3, -0.25) is 0 Å². The maximum atomic E-state index is 0. The molecule has 0 spiro atoms. The van der Waals surface area contributed by atoms with Gasteiger partial charge in [0, 0.05) is 105 Å². The molecule has 0 amide bonds. The molecule has 0 N–H and O–H groups in total. The van der Waals surface area contributed by atoms with Gasteiger partial charge in [-0.15, -0.1) is 0 Å². The minimum absolute atomic E-state index is 0. The van der Waals surface area contributed by atoms with E-state index in [0.717, 1.165) is 0 Å². The Balaban J connectivity index is 0. The van der Waals surface area contributed by atoms with Gasteiger partial charge in [0.1, 0.15) is 0 Å². The fourth-order valence-corrected chi connectivity index (χ4v) is 0.